The van der Waals surface area contributed by atoms with Crippen molar-refractivity contribution in [3.05, 3.63) is 65.2 Å². The van der Waals surface area contributed by atoms with Crippen LogP contribution in [-0.2, 0) is 21.3 Å². The molecular weight excluding hydrogens is 352 g/mol. The summed E-state index contributed by atoms with van der Waals surface area (Å²) in [5, 5.41) is 0. The number of hydrogen-bond acceptors (Lipinski definition) is 5. The second-order valence-corrected chi connectivity index (χ2v) is 7.86. The van der Waals surface area contributed by atoms with E-state index >= 15 is 0 Å². The van der Waals surface area contributed by atoms with Gasteiger partial charge >= 0.3 is 5.97 Å². The Kier molecular flexibility index (Phi) is 6.90. The number of carbonyl (C=O) groups excluding carboxylic acids is 1. The third kappa shape index (κ3) is 4.69. The maximum absolute atomic E-state index is 13.3. The topological polar surface area (TPSA) is 89.7 Å². The molecule has 0 aromatic heterocycles. The molecular formula is C19H24N2O4S. The standard InChI is InChI=1S/C19H24N2O4S/c1-15-9-10-18(17(13-15)19(22)25-2)26(23,24)21(12-6-11-20)14-16-7-4-3-5-8-16/h3-5,7-10,13H,6,11-12,14,20H2,1-2H3. The first-order valence-corrected chi connectivity index (χ1v) is 9.77. The van der Waals surface area contributed by atoms with E-state index in [1.807, 2.05) is 30.3 Å². The molecule has 26 heavy (non-hydrogen) atoms. The minimum atomic E-state index is -3.90. The normalized spacial score (nSPS) is 11.5. The molecule has 0 saturated carbocycles. The van der Waals surface area contributed by atoms with Crippen molar-refractivity contribution in [2.75, 3.05) is 20.2 Å². The van der Waals surface area contributed by atoms with Crippen molar-refractivity contribution >= 4 is 16.0 Å². The van der Waals surface area contributed by atoms with Gasteiger partial charge in [0.15, 0.2) is 0 Å². The third-order valence-electron chi connectivity index (χ3n) is 3.97. The van der Waals surface area contributed by atoms with Gasteiger partial charge in [-0.1, -0.05) is 42.0 Å². The third-order valence-corrected chi connectivity index (χ3v) is 5.87. The molecule has 2 rings (SSSR count). The number of methoxy groups -OCH3 is 1. The van der Waals surface area contributed by atoms with E-state index in [0.29, 0.717) is 13.0 Å². The Morgan fingerprint density at radius 3 is 2.46 bits per heavy atom. The molecule has 2 aromatic rings. The number of aryl methyl sites for hydroxylation is 1. The van der Waals surface area contributed by atoms with Gasteiger partial charge in [0.1, 0.15) is 0 Å². The highest BCUT2D eigenvalue weighted by atomic mass is 32.2. The zero-order valence-corrected chi connectivity index (χ0v) is 15.8. The number of hydrogen-bond donors (Lipinski definition) is 1. The van der Waals surface area contributed by atoms with E-state index in [1.54, 1.807) is 13.0 Å². The lowest BCUT2D eigenvalue weighted by Gasteiger charge is -2.23. The number of ether oxygens (including phenoxy) is 1. The fourth-order valence-corrected chi connectivity index (χ4v) is 4.24. The van der Waals surface area contributed by atoms with E-state index in [0.717, 1.165) is 11.1 Å². The predicted molar refractivity (Wildman–Crippen MR) is 100 cm³/mol. The summed E-state index contributed by atoms with van der Waals surface area (Å²) >= 11 is 0. The maximum atomic E-state index is 13.3. The average Bonchev–Trinajstić information content (AvgIpc) is 2.64. The number of esters is 1. The van der Waals surface area contributed by atoms with Crippen LogP contribution in [0.1, 0.15) is 27.9 Å². The SMILES string of the molecule is COC(=O)c1cc(C)ccc1S(=O)(=O)N(CCCN)Cc1ccccc1. The van der Waals surface area contributed by atoms with Crippen LogP contribution in [-0.4, -0.2) is 38.9 Å². The van der Waals surface area contributed by atoms with Gasteiger partial charge in [-0.15, -0.1) is 0 Å². The van der Waals surface area contributed by atoms with Crippen molar-refractivity contribution in [2.24, 2.45) is 5.73 Å². The van der Waals surface area contributed by atoms with Crippen molar-refractivity contribution in [2.45, 2.75) is 24.8 Å². The summed E-state index contributed by atoms with van der Waals surface area (Å²) in [6.07, 6.45) is 0.519. The van der Waals surface area contributed by atoms with E-state index < -0.39 is 16.0 Å². The molecule has 0 atom stereocenters. The van der Waals surface area contributed by atoms with Gasteiger partial charge in [0.05, 0.1) is 17.6 Å². The van der Waals surface area contributed by atoms with Gasteiger partial charge in [-0.3, -0.25) is 0 Å². The molecule has 0 spiro atoms. The smallest absolute Gasteiger partial charge is 0.339 e. The quantitative estimate of drug-likeness (QED) is 0.714. The van der Waals surface area contributed by atoms with Crippen molar-refractivity contribution in [1.82, 2.24) is 4.31 Å². The van der Waals surface area contributed by atoms with Crippen LogP contribution in [0, 0.1) is 6.92 Å². The second-order valence-electron chi connectivity index (χ2n) is 5.96. The summed E-state index contributed by atoms with van der Waals surface area (Å²) in [4.78, 5) is 12.1. The Balaban J connectivity index is 2.47. The monoisotopic (exact) mass is 376 g/mol. The number of sulfonamides is 1. The molecule has 6 nitrogen and oxygen atoms in total. The highest BCUT2D eigenvalue weighted by Crippen LogP contribution is 2.24. The van der Waals surface area contributed by atoms with E-state index in [-0.39, 0.29) is 23.5 Å². The van der Waals surface area contributed by atoms with E-state index in [1.165, 1.54) is 23.5 Å². The lowest BCUT2D eigenvalue weighted by molar-refractivity contribution is 0.0596. The van der Waals surface area contributed by atoms with Crippen molar-refractivity contribution < 1.29 is 17.9 Å². The van der Waals surface area contributed by atoms with Crippen molar-refractivity contribution in [3.8, 4) is 0 Å². The molecule has 0 heterocycles. The number of carbonyl (C=O) groups is 1. The van der Waals surface area contributed by atoms with Gasteiger partial charge < -0.3 is 10.5 Å². The van der Waals surface area contributed by atoms with Gasteiger partial charge in [-0.2, -0.15) is 4.31 Å². The number of nitrogens with two attached hydrogens (primary N) is 1. The van der Waals surface area contributed by atoms with Crippen LogP contribution in [0.5, 0.6) is 0 Å². The summed E-state index contributed by atoms with van der Waals surface area (Å²) < 4.78 is 32.7. The minimum Gasteiger partial charge on any atom is -0.465 e. The van der Waals surface area contributed by atoms with Gasteiger partial charge in [-0.25, -0.2) is 13.2 Å². The summed E-state index contributed by atoms with van der Waals surface area (Å²) in [6.45, 7) is 2.64. The molecule has 0 bridgehead atoms. The first kappa shape index (κ1) is 20.1. The zero-order chi connectivity index (χ0) is 19.2. The lowest BCUT2D eigenvalue weighted by atomic mass is 10.1. The molecule has 0 amide bonds. The van der Waals surface area contributed by atoms with E-state index in [2.05, 4.69) is 0 Å². The molecule has 0 fully saturated rings. The number of benzene rings is 2. The van der Waals surface area contributed by atoms with Crippen LogP contribution in [0.3, 0.4) is 0 Å². The van der Waals surface area contributed by atoms with Gasteiger partial charge in [0.2, 0.25) is 10.0 Å². The molecule has 0 aliphatic heterocycles. The van der Waals surface area contributed by atoms with Gasteiger partial charge in [0.25, 0.3) is 0 Å². The molecule has 7 heteroatoms. The lowest BCUT2D eigenvalue weighted by Crippen LogP contribution is -2.33. The summed E-state index contributed by atoms with van der Waals surface area (Å²) in [5.74, 6) is -0.675. The maximum Gasteiger partial charge on any atom is 0.339 e. The Morgan fingerprint density at radius 2 is 1.85 bits per heavy atom. The minimum absolute atomic E-state index is 0.0401. The van der Waals surface area contributed by atoms with Gasteiger partial charge in [-0.05, 0) is 37.6 Å². The largest absolute Gasteiger partial charge is 0.465 e. The van der Waals surface area contributed by atoms with Crippen LogP contribution in [0.2, 0.25) is 0 Å². The summed E-state index contributed by atoms with van der Waals surface area (Å²) in [5.41, 5.74) is 7.26. The number of rotatable bonds is 8. The zero-order valence-electron chi connectivity index (χ0n) is 15.0. The molecule has 0 aliphatic carbocycles. The molecule has 2 aromatic carbocycles. The average molecular weight is 376 g/mol. The Bertz CT molecular complexity index is 851. The van der Waals surface area contributed by atoms with Crippen molar-refractivity contribution in [3.63, 3.8) is 0 Å². The highest BCUT2D eigenvalue weighted by molar-refractivity contribution is 7.89. The van der Waals surface area contributed by atoms with Crippen LogP contribution in [0.15, 0.2) is 53.4 Å². The van der Waals surface area contributed by atoms with Crippen LogP contribution >= 0.6 is 0 Å². The highest BCUT2D eigenvalue weighted by Gasteiger charge is 2.29. The van der Waals surface area contributed by atoms with Crippen LogP contribution in [0.25, 0.3) is 0 Å². The molecule has 140 valence electrons. The molecule has 0 unspecified atom stereocenters. The Hall–Kier alpha value is -2.22. The Labute approximate surface area is 154 Å². The molecule has 2 N–H and O–H groups in total. The van der Waals surface area contributed by atoms with Gasteiger partial charge in [0, 0.05) is 13.1 Å². The molecule has 0 radical (unpaired) electrons. The number of nitrogens with zero attached hydrogens (tertiary/aromatic N) is 1. The Morgan fingerprint density at radius 1 is 1.15 bits per heavy atom. The fraction of sp³-hybridized carbons (Fsp3) is 0.316. The van der Waals surface area contributed by atoms with E-state index in [4.69, 9.17) is 10.5 Å². The van der Waals surface area contributed by atoms with E-state index in [9.17, 15) is 13.2 Å². The van der Waals surface area contributed by atoms with Crippen LogP contribution < -0.4 is 5.73 Å². The predicted octanol–water partition coefficient (Wildman–Crippen LogP) is 2.32. The molecule has 0 saturated heterocycles. The first-order chi connectivity index (χ1) is 12.4. The second kappa shape index (κ2) is 8.93. The molecule has 0 aliphatic rings. The summed E-state index contributed by atoms with van der Waals surface area (Å²) in [6, 6.07) is 14.0. The fourth-order valence-electron chi connectivity index (χ4n) is 2.62. The first-order valence-electron chi connectivity index (χ1n) is 8.33. The van der Waals surface area contributed by atoms with Crippen LogP contribution in [0.4, 0.5) is 0 Å². The summed E-state index contributed by atoms with van der Waals surface area (Å²) in [7, 11) is -2.66. The van der Waals surface area contributed by atoms with Crippen molar-refractivity contribution in [1.29, 1.82) is 0 Å².